The fraction of sp³-hybridized carbons (Fsp3) is 0.320. The molecule has 1 atom stereocenters. The number of thiazole rings is 1. The number of nitriles is 1. The third-order valence-electron chi connectivity index (χ3n) is 5.32. The summed E-state index contributed by atoms with van der Waals surface area (Å²) in [6.45, 7) is 3.89. The Hall–Kier alpha value is -4.20. The lowest BCUT2D eigenvalue weighted by molar-refractivity contribution is -0.192. The standard InChI is InChI=1S/C23H22F2N6O2S.C2HF3O2/c1-13-7-16(9-18(29-13)21(24)25)20-19(15-4-2-3-14(8-15)10-26)30-23(34-20)31-22(32)28-11-17-12-33-6-5-27-17;3-2(4,5)1(6)7/h2-4,7-9,17,21,27H,5-6,11-12H2,1H3,(H2,28,30,31,32);(H,6,7). The first-order chi connectivity index (χ1) is 19.4. The van der Waals surface area contributed by atoms with Crippen LogP contribution in [0.3, 0.4) is 0 Å². The zero-order valence-corrected chi connectivity index (χ0v) is 22.1. The van der Waals surface area contributed by atoms with Crippen molar-refractivity contribution in [2.24, 2.45) is 0 Å². The number of hydrogen-bond donors (Lipinski definition) is 4. The molecule has 1 aliphatic rings. The van der Waals surface area contributed by atoms with Crippen LogP contribution in [0.2, 0.25) is 0 Å². The minimum absolute atomic E-state index is 0.0169. The molecule has 3 heterocycles. The zero-order valence-electron chi connectivity index (χ0n) is 21.3. The number of carboxylic acid groups (broad SMARTS) is 1. The SMILES string of the molecule is Cc1cc(-c2sc(NC(=O)NCC3COCCN3)nc2-c2cccc(C#N)c2)cc(C(F)F)n1.O=C(O)C(F)(F)F. The highest BCUT2D eigenvalue weighted by Crippen LogP contribution is 2.40. The molecule has 0 saturated carbocycles. The van der Waals surface area contributed by atoms with E-state index in [0.29, 0.717) is 57.8 Å². The van der Waals surface area contributed by atoms with Crippen LogP contribution in [0.15, 0.2) is 36.4 Å². The third-order valence-corrected chi connectivity index (χ3v) is 6.34. The first-order valence-electron chi connectivity index (χ1n) is 11.8. The van der Waals surface area contributed by atoms with Crippen molar-refractivity contribution >= 4 is 28.5 Å². The van der Waals surface area contributed by atoms with Crippen molar-refractivity contribution in [3.8, 4) is 27.8 Å². The van der Waals surface area contributed by atoms with Crippen LogP contribution in [-0.4, -0.2) is 65.6 Å². The van der Waals surface area contributed by atoms with E-state index in [1.54, 1.807) is 37.3 Å². The van der Waals surface area contributed by atoms with Gasteiger partial charge in [-0.25, -0.2) is 23.4 Å². The number of benzene rings is 1. The van der Waals surface area contributed by atoms with Crippen LogP contribution < -0.4 is 16.0 Å². The number of carbonyl (C=O) groups is 2. The van der Waals surface area contributed by atoms with E-state index < -0.39 is 24.6 Å². The van der Waals surface area contributed by atoms with Crippen molar-refractivity contribution < 1.29 is 41.4 Å². The highest BCUT2D eigenvalue weighted by Gasteiger charge is 2.38. The molecule has 4 N–H and O–H groups in total. The molecule has 0 aliphatic carbocycles. The van der Waals surface area contributed by atoms with Gasteiger partial charge in [0, 0.05) is 30.4 Å². The summed E-state index contributed by atoms with van der Waals surface area (Å²) in [4.78, 5) is 30.4. The van der Waals surface area contributed by atoms with Crippen molar-refractivity contribution in [3.63, 3.8) is 0 Å². The summed E-state index contributed by atoms with van der Waals surface area (Å²) in [5, 5.41) is 25.5. The molecule has 0 radical (unpaired) electrons. The number of aromatic nitrogens is 2. The average molecular weight is 599 g/mol. The number of amides is 2. The monoisotopic (exact) mass is 598 g/mol. The van der Waals surface area contributed by atoms with E-state index in [9.17, 15) is 32.0 Å². The molecule has 41 heavy (non-hydrogen) atoms. The van der Waals surface area contributed by atoms with E-state index >= 15 is 0 Å². The number of urea groups is 1. The topological polar surface area (TPSA) is 149 Å². The molecule has 16 heteroatoms. The number of carbonyl (C=O) groups excluding carboxylic acids is 1. The minimum atomic E-state index is -5.08. The van der Waals surface area contributed by atoms with E-state index in [-0.39, 0.29) is 11.7 Å². The summed E-state index contributed by atoms with van der Waals surface area (Å²) in [7, 11) is 0. The summed E-state index contributed by atoms with van der Waals surface area (Å²) in [6, 6.07) is 11.5. The number of carboxylic acids is 1. The van der Waals surface area contributed by atoms with E-state index in [0.717, 1.165) is 17.9 Å². The van der Waals surface area contributed by atoms with Gasteiger partial charge in [-0.1, -0.05) is 23.5 Å². The van der Waals surface area contributed by atoms with Crippen LogP contribution in [-0.2, 0) is 9.53 Å². The normalized spacial score (nSPS) is 14.9. The van der Waals surface area contributed by atoms with Gasteiger partial charge in [0.15, 0.2) is 5.13 Å². The maximum absolute atomic E-state index is 13.4. The number of anilines is 1. The van der Waals surface area contributed by atoms with Crippen molar-refractivity contribution in [1.82, 2.24) is 20.6 Å². The average Bonchev–Trinajstić information content (AvgIpc) is 3.35. The number of hydrogen-bond acceptors (Lipinski definition) is 8. The number of halogens is 5. The Kier molecular flexibility index (Phi) is 10.6. The lowest BCUT2D eigenvalue weighted by Crippen LogP contribution is -2.49. The number of nitrogens with one attached hydrogen (secondary N) is 3. The summed E-state index contributed by atoms with van der Waals surface area (Å²) < 4.78 is 63.9. The molecule has 1 saturated heterocycles. The number of pyridine rings is 1. The lowest BCUT2D eigenvalue weighted by atomic mass is 10.0. The molecule has 10 nitrogen and oxygen atoms in total. The van der Waals surface area contributed by atoms with Gasteiger partial charge in [-0.2, -0.15) is 18.4 Å². The molecule has 1 fully saturated rings. The van der Waals surface area contributed by atoms with E-state index in [1.165, 1.54) is 6.07 Å². The Labute approximate surface area is 234 Å². The Morgan fingerprint density at radius 3 is 2.59 bits per heavy atom. The predicted molar refractivity (Wildman–Crippen MR) is 139 cm³/mol. The van der Waals surface area contributed by atoms with Gasteiger partial charge >= 0.3 is 18.2 Å². The van der Waals surface area contributed by atoms with Crippen molar-refractivity contribution in [2.45, 2.75) is 25.6 Å². The molecule has 2 amide bonds. The van der Waals surface area contributed by atoms with Crippen molar-refractivity contribution in [1.29, 1.82) is 5.26 Å². The molecule has 0 spiro atoms. The fourth-order valence-corrected chi connectivity index (χ4v) is 4.52. The van der Waals surface area contributed by atoms with Crippen LogP contribution >= 0.6 is 11.3 Å². The highest BCUT2D eigenvalue weighted by atomic mass is 32.1. The molecular weight excluding hydrogens is 575 g/mol. The van der Waals surface area contributed by atoms with Crippen LogP contribution in [0, 0.1) is 18.3 Å². The second-order valence-electron chi connectivity index (χ2n) is 8.48. The summed E-state index contributed by atoms with van der Waals surface area (Å²) in [5.41, 5.74) is 2.16. The van der Waals surface area contributed by atoms with Crippen molar-refractivity contribution in [3.05, 3.63) is 53.3 Å². The number of nitrogens with zero attached hydrogens (tertiary/aromatic N) is 3. The number of morpholine rings is 1. The summed E-state index contributed by atoms with van der Waals surface area (Å²) in [6.07, 6.45) is -7.81. The van der Waals surface area contributed by atoms with E-state index in [4.69, 9.17) is 14.6 Å². The van der Waals surface area contributed by atoms with Gasteiger partial charge in [0.05, 0.1) is 35.4 Å². The number of alkyl halides is 5. The Morgan fingerprint density at radius 1 is 1.24 bits per heavy atom. The maximum atomic E-state index is 13.4. The zero-order chi connectivity index (χ0) is 30.2. The molecule has 0 bridgehead atoms. The molecule has 1 aliphatic heterocycles. The largest absolute Gasteiger partial charge is 0.490 e. The van der Waals surface area contributed by atoms with Crippen LogP contribution in [0.4, 0.5) is 31.9 Å². The molecule has 1 unspecified atom stereocenters. The van der Waals surface area contributed by atoms with Gasteiger partial charge in [0.2, 0.25) is 0 Å². The maximum Gasteiger partial charge on any atom is 0.490 e. The molecular formula is C25H23F5N6O4S. The second-order valence-corrected chi connectivity index (χ2v) is 9.48. The quantitative estimate of drug-likeness (QED) is 0.298. The van der Waals surface area contributed by atoms with E-state index in [2.05, 4.69) is 32.0 Å². The highest BCUT2D eigenvalue weighted by molar-refractivity contribution is 7.19. The summed E-state index contributed by atoms with van der Waals surface area (Å²) in [5.74, 6) is -2.76. The lowest BCUT2D eigenvalue weighted by Gasteiger charge is -2.23. The first-order valence-corrected chi connectivity index (χ1v) is 12.6. The third kappa shape index (κ3) is 9.17. The van der Waals surface area contributed by atoms with Crippen molar-refractivity contribution in [2.75, 3.05) is 31.6 Å². The Balaban J connectivity index is 0.000000587. The number of rotatable bonds is 6. The number of ether oxygens (including phenoxy) is 1. The molecule has 4 rings (SSSR count). The van der Waals surface area contributed by atoms with Gasteiger partial charge in [0.25, 0.3) is 6.43 Å². The Morgan fingerprint density at radius 2 is 1.98 bits per heavy atom. The second kappa shape index (κ2) is 13.9. The minimum Gasteiger partial charge on any atom is -0.475 e. The molecule has 1 aromatic carbocycles. The summed E-state index contributed by atoms with van der Waals surface area (Å²) >= 11 is 1.16. The van der Waals surface area contributed by atoms with Gasteiger partial charge in [-0.05, 0) is 36.8 Å². The van der Waals surface area contributed by atoms with E-state index in [1.807, 2.05) is 0 Å². The van der Waals surface area contributed by atoms with Gasteiger partial charge in [0.1, 0.15) is 5.69 Å². The van der Waals surface area contributed by atoms with Gasteiger partial charge in [-0.15, -0.1) is 0 Å². The van der Waals surface area contributed by atoms with Crippen LogP contribution in [0.25, 0.3) is 21.7 Å². The predicted octanol–water partition coefficient (Wildman–Crippen LogP) is 4.73. The fourth-order valence-electron chi connectivity index (χ4n) is 3.55. The number of aliphatic carboxylic acids is 1. The molecule has 2 aromatic heterocycles. The molecule has 218 valence electrons. The smallest absolute Gasteiger partial charge is 0.475 e. The molecule has 3 aromatic rings. The number of aryl methyl sites for hydroxylation is 1. The van der Waals surface area contributed by atoms with Gasteiger partial charge < -0.3 is 20.5 Å². The van der Waals surface area contributed by atoms with Crippen LogP contribution in [0.1, 0.15) is 23.4 Å². The Bertz CT molecular complexity index is 1420. The van der Waals surface area contributed by atoms with Gasteiger partial charge in [-0.3, -0.25) is 10.3 Å². The van der Waals surface area contributed by atoms with Crippen LogP contribution in [0.5, 0.6) is 0 Å². The first kappa shape index (κ1) is 31.3.